The topological polar surface area (TPSA) is 127 Å². The van der Waals surface area contributed by atoms with Crippen molar-refractivity contribution in [2.75, 3.05) is 11.1 Å². The molecule has 0 aliphatic heterocycles. The normalized spacial score (nSPS) is 10.7. The van der Waals surface area contributed by atoms with Crippen molar-refractivity contribution in [3.63, 3.8) is 0 Å². The number of nitrogens with zero attached hydrogens (tertiary/aromatic N) is 2. The van der Waals surface area contributed by atoms with E-state index in [4.69, 9.17) is 10.5 Å². The Morgan fingerprint density at radius 3 is 2.73 bits per heavy atom. The van der Waals surface area contributed by atoms with E-state index in [1.165, 1.54) is 29.9 Å². The number of rotatable bonds is 6. The van der Waals surface area contributed by atoms with E-state index in [9.17, 15) is 14.7 Å². The summed E-state index contributed by atoms with van der Waals surface area (Å²) in [7, 11) is 0. The fourth-order valence-corrected chi connectivity index (χ4v) is 3.96. The van der Waals surface area contributed by atoms with Gasteiger partial charge in [-0.1, -0.05) is 18.2 Å². The summed E-state index contributed by atoms with van der Waals surface area (Å²) in [5, 5.41) is 14.5. The second-order valence-electron chi connectivity index (χ2n) is 6.35. The van der Waals surface area contributed by atoms with Crippen LogP contribution in [-0.2, 0) is 6.61 Å². The number of benzene rings is 1. The average Bonchev–Trinajstić information content (AvgIpc) is 3.18. The summed E-state index contributed by atoms with van der Waals surface area (Å²) in [4.78, 5) is 31.9. The molecular formula is C21H16N4O4S. The van der Waals surface area contributed by atoms with Crippen molar-refractivity contribution in [3.05, 3.63) is 77.1 Å². The number of carboxylic acids is 1. The van der Waals surface area contributed by atoms with Crippen LogP contribution < -0.4 is 15.8 Å². The first-order valence-electron chi connectivity index (χ1n) is 8.85. The lowest BCUT2D eigenvalue weighted by atomic mass is 10.1. The van der Waals surface area contributed by atoms with Crippen molar-refractivity contribution in [3.8, 4) is 5.75 Å². The third kappa shape index (κ3) is 3.91. The van der Waals surface area contributed by atoms with E-state index in [1.54, 1.807) is 23.6 Å². The number of ether oxygens (including phenoxy) is 1. The number of carboxylic acid groups (broad SMARTS) is 1. The van der Waals surface area contributed by atoms with Crippen LogP contribution in [0.3, 0.4) is 0 Å². The van der Waals surface area contributed by atoms with E-state index < -0.39 is 5.97 Å². The highest BCUT2D eigenvalue weighted by Gasteiger charge is 2.17. The molecule has 0 atom stereocenters. The molecule has 4 N–H and O–H groups in total. The van der Waals surface area contributed by atoms with Gasteiger partial charge in [-0.05, 0) is 23.6 Å². The third-order valence-electron chi connectivity index (χ3n) is 4.33. The first-order valence-corrected chi connectivity index (χ1v) is 9.73. The molecule has 0 aliphatic carbocycles. The van der Waals surface area contributed by atoms with Crippen molar-refractivity contribution in [2.45, 2.75) is 6.61 Å². The largest absolute Gasteiger partial charge is 0.487 e. The van der Waals surface area contributed by atoms with E-state index in [1.807, 2.05) is 18.2 Å². The van der Waals surface area contributed by atoms with Gasteiger partial charge in [-0.2, -0.15) is 0 Å². The molecule has 4 aromatic rings. The summed E-state index contributed by atoms with van der Waals surface area (Å²) in [5.41, 5.74) is 7.79. The highest BCUT2D eigenvalue weighted by atomic mass is 32.1. The minimum Gasteiger partial charge on any atom is -0.487 e. The summed E-state index contributed by atoms with van der Waals surface area (Å²) in [6.45, 7) is 0.125. The highest BCUT2D eigenvalue weighted by molar-refractivity contribution is 7.17. The number of nitrogen functional groups attached to an aromatic ring is 1. The molecule has 150 valence electrons. The van der Waals surface area contributed by atoms with E-state index in [0.29, 0.717) is 32.6 Å². The molecule has 3 heterocycles. The SMILES string of the molecule is Nc1ncc(C(=O)O)c2scc(COc3cncc(C(=O)Nc4ccccc4)c3)c12. The lowest BCUT2D eigenvalue weighted by Gasteiger charge is -2.09. The van der Waals surface area contributed by atoms with Gasteiger partial charge in [0, 0.05) is 29.0 Å². The number of aromatic carboxylic acids is 1. The molecule has 3 aromatic heterocycles. The van der Waals surface area contributed by atoms with Crippen LogP contribution in [0.4, 0.5) is 11.5 Å². The lowest BCUT2D eigenvalue weighted by molar-refractivity contribution is 0.0698. The van der Waals surface area contributed by atoms with Gasteiger partial charge in [-0.3, -0.25) is 9.78 Å². The predicted octanol–water partition coefficient (Wildman–Crippen LogP) is 3.80. The molecule has 8 nitrogen and oxygen atoms in total. The Kier molecular flexibility index (Phi) is 5.27. The van der Waals surface area contributed by atoms with Crippen LogP contribution >= 0.6 is 11.3 Å². The smallest absolute Gasteiger partial charge is 0.338 e. The molecular weight excluding hydrogens is 404 g/mol. The fourth-order valence-electron chi connectivity index (χ4n) is 2.90. The zero-order valence-corrected chi connectivity index (χ0v) is 16.3. The van der Waals surface area contributed by atoms with Crippen LogP contribution in [0.15, 0.2) is 60.4 Å². The molecule has 0 radical (unpaired) electrons. The molecule has 0 spiro atoms. The van der Waals surface area contributed by atoms with E-state index >= 15 is 0 Å². The van der Waals surface area contributed by atoms with E-state index in [2.05, 4.69) is 15.3 Å². The molecule has 1 aromatic carbocycles. The highest BCUT2D eigenvalue weighted by Crippen LogP contribution is 2.33. The molecule has 4 rings (SSSR count). The molecule has 0 fully saturated rings. The Balaban J connectivity index is 1.52. The molecule has 0 saturated heterocycles. The van der Waals surface area contributed by atoms with Gasteiger partial charge in [0.05, 0.1) is 22.0 Å². The average molecular weight is 420 g/mol. The van der Waals surface area contributed by atoms with E-state index in [-0.39, 0.29) is 23.9 Å². The number of thiophene rings is 1. The summed E-state index contributed by atoms with van der Waals surface area (Å²) < 4.78 is 6.33. The number of anilines is 2. The number of hydrogen-bond donors (Lipinski definition) is 3. The summed E-state index contributed by atoms with van der Waals surface area (Å²) >= 11 is 1.27. The van der Waals surface area contributed by atoms with Gasteiger partial charge in [-0.25, -0.2) is 9.78 Å². The Hall–Kier alpha value is -3.98. The number of amides is 1. The van der Waals surface area contributed by atoms with Crippen molar-refractivity contribution < 1.29 is 19.4 Å². The minimum absolute atomic E-state index is 0.0942. The number of hydrogen-bond acceptors (Lipinski definition) is 7. The first-order chi connectivity index (χ1) is 14.5. The van der Waals surface area contributed by atoms with Crippen molar-refractivity contribution in [2.24, 2.45) is 0 Å². The third-order valence-corrected chi connectivity index (χ3v) is 5.39. The Labute approximate surface area is 175 Å². The molecule has 1 amide bonds. The van der Waals surface area contributed by atoms with Crippen LogP contribution in [0.1, 0.15) is 26.3 Å². The summed E-state index contributed by atoms with van der Waals surface area (Å²) in [6, 6.07) is 10.7. The second-order valence-corrected chi connectivity index (χ2v) is 7.23. The lowest BCUT2D eigenvalue weighted by Crippen LogP contribution is -2.12. The fraction of sp³-hybridized carbons (Fsp3) is 0.0476. The molecule has 30 heavy (non-hydrogen) atoms. The molecule has 0 bridgehead atoms. The van der Waals surface area contributed by atoms with Crippen molar-refractivity contribution in [1.82, 2.24) is 9.97 Å². The number of carbonyl (C=O) groups is 2. The molecule has 9 heteroatoms. The number of fused-ring (bicyclic) bond motifs is 1. The van der Waals surface area contributed by atoms with Crippen LogP contribution in [0.2, 0.25) is 0 Å². The summed E-state index contributed by atoms with van der Waals surface area (Å²) in [5.74, 6) is -0.734. The van der Waals surface area contributed by atoms with Gasteiger partial charge in [0.2, 0.25) is 0 Å². The van der Waals surface area contributed by atoms with Crippen molar-refractivity contribution in [1.29, 1.82) is 0 Å². The zero-order chi connectivity index (χ0) is 21.1. The first kappa shape index (κ1) is 19.3. The monoisotopic (exact) mass is 420 g/mol. The van der Waals surface area contributed by atoms with E-state index in [0.717, 1.165) is 0 Å². The molecule has 0 aliphatic rings. The number of carbonyl (C=O) groups excluding carboxylic acids is 1. The number of nitrogens with one attached hydrogen (secondary N) is 1. The maximum atomic E-state index is 12.4. The Morgan fingerprint density at radius 1 is 1.17 bits per heavy atom. The standard InChI is InChI=1S/C21H16N4O4S/c22-19-17-13(11-30-18(17)16(9-24-19)21(27)28)10-29-15-6-12(7-23-8-15)20(26)25-14-4-2-1-3-5-14/h1-9,11H,10H2,(H2,22,24)(H,25,26)(H,27,28). The van der Waals surface area contributed by atoms with Gasteiger partial charge in [-0.15, -0.1) is 11.3 Å². The number of pyridine rings is 2. The van der Waals surface area contributed by atoms with Gasteiger partial charge in [0.25, 0.3) is 5.91 Å². The number of para-hydroxylation sites is 1. The maximum Gasteiger partial charge on any atom is 0.338 e. The Bertz CT molecular complexity index is 1240. The number of aromatic nitrogens is 2. The van der Waals surface area contributed by atoms with Crippen LogP contribution in [-0.4, -0.2) is 27.0 Å². The van der Waals surface area contributed by atoms with Crippen LogP contribution in [0.5, 0.6) is 5.75 Å². The molecule has 0 saturated carbocycles. The molecule has 0 unspecified atom stereocenters. The second kappa shape index (κ2) is 8.18. The predicted molar refractivity (Wildman–Crippen MR) is 114 cm³/mol. The van der Waals surface area contributed by atoms with Crippen molar-refractivity contribution >= 4 is 44.8 Å². The van der Waals surface area contributed by atoms with Crippen LogP contribution in [0, 0.1) is 0 Å². The van der Waals surface area contributed by atoms with Gasteiger partial charge in [0.1, 0.15) is 18.2 Å². The number of nitrogens with two attached hydrogens (primary N) is 1. The van der Waals surface area contributed by atoms with Gasteiger partial charge in [0.15, 0.2) is 0 Å². The zero-order valence-electron chi connectivity index (χ0n) is 15.5. The quantitative estimate of drug-likeness (QED) is 0.433. The van der Waals surface area contributed by atoms with Gasteiger partial charge < -0.3 is 20.9 Å². The summed E-state index contributed by atoms with van der Waals surface area (Å²) in [6.07, 6.45) is 4.20. The Morgan fingerprint density at radius 2 is 1.97 bits per heavy atom. The maximum absolute atomic E-state index is 12.4. The van der Waals surface area contributed by atoms with Crippen LogP contribution in [0.25, 0.3) is 10.1 Å². The van der Waals surface area contributed by atoms with Gasteiger partial charge >= 0.3 is 5.97 Å². The minimum atomic E-state index is -1.07.